The SMILES string of the molecule is CC1(C)OC[C@@H](COc2nc(-c3cnn4ccccc34)nc(NC3CCCCC3)c2F)O1. The van der Waals surface area contributed by atoms with Crippen molar-refractivity contribution in [2.45, 2.75) is 63.9 Å². The van der Waals surface area contributed by atoms with Crippen molar-refractivity contribution >= 4 is 11.3 Å². The van der Waals surface area contributed by atoms with Crippen LogP contribution in [0.3, 0.4) is 0 Å². The van der Waals surface area contributed by atoms with Crippen molar-refractivity contribution in [2.24, 2.45) is 0 Å². The molecule has 3 aromatic rings. The predicted octanol–water partition coefficient (Wildman–Crippen LogP) is 4.21. The highest BCUT2D eigenvalue weighted by atomic mass is 19.1. The molecule has 0 spiro atoms. The van der Waals surface area contributed by atoms with Crippen LogP contribution in [-0.4, -0.2) is 50.7 Å². The lowest BCUT2D eigenvalue weighted by Gasteiger charge is -2.24. The van der Waals surface area contributed by atoms with Crippen LogP contribution in [0.15, 0.2) is 30.6 Å². The highest BCUT2D eigenvalue weighted by Crippen LogP contribution is 2.31. The Morgan fingerprint density at radius 2 is 2.06 bits per heavy atom. The zero-order valence-corrected chi connectivity index (χ0v) is 18.4. The van der Waals surface area contributed by atoms with Gasteiger partial charge in [0.15, 0.2) is 17.4 Å². The number of anilines is 1. The van der Waals surface area contributed by atoms with E-state index in [2.05, 4.69) is 20.4 Å². The standard InChI is InChI=1S/C23H28FN5O3/c1-23(2)31-14-16(32-23)13-30-22-19(24)21(26-15-8-4-3-5-9-15)27-20(28-22)17-12-25-29-11-7-6-10-18(17)29/h6-7,10-12,15-16H,3-5,8-9,13-14H2,1-2H3,(H,26,27,28)/t16-/m1/s1. The summed E-state index contributed by atoms with van der Waals surface area (Å²) in [6.07, 6.45) is 8.70. The van der Waals surface area contributed by atoms with E-state index in [1.807, 2.05) is 38.2 Å². The first kappa shape index (κ1) is 21.1. The Hall–Kier alpha value is -2.78. The average Bonchev–Trinajstić information content (AvgIpc) is 3.38. The van der Waals surface area contributed by atoms with Crippen molar-refractivity contribution in [1.29, 1.82) is 0 Å². The second-order valence-corrected chi connectivity index (χ2v) is 8.84. The molecule has 0 aromatic carbocycles. The second-order valence-electron chi connectivity index (χ2n) is 8.84. The average molecular weight is 442 g/mol. The molecular weight excluding hydrogens is 413 g/mol. The number of nitrogens with one attached hydrogen (secondary N) is 1. The molecular formula is C23H28FN5O3. The first-order chi connectivity index (χ1) is 15.5. The van der Waals surface area contributed by atoms with Crippen LogP contribution in [0.5, 0.6) is 5.88 Å². The van der Waals surface area contributed by atoms with Crippen molar-refractivity contribution in [1.82, 2.24) is 19.6 Å². The van der Waals surface area contributed by atoms with Gasteiger partial charge in [-0.1, -0.05) is 25.3 Å². The van der Waals surface area contributed by atoms with Crippen molar-refractivity contribution in [2.75, 3.05) is 18.5 Å². The first-order valence-corrected chi connectivity index (χ1v) is 11.2. The van der Waals surface area contributed by atoms with Gasteiger partial charge in [0.1, 0.15) is 12.7 Å². The molecule has 1 N–H and O–H groups in total. The molecule has 9 heteroatoms. The summed E-state index contributed by atoms with van der Waals surface area (Å²) < 4.78 is 34.3. The van der Waals surface area contributed by atoms with Gasteiger partial charge in [-0.05, 0) is 38.8 Å². The van der Waals surface area contributed by atoms with E-state index in [9.17, 15) is 0 Å². The fraction of sp³-hybridized carbons (Fsp3) is 0.522. The van der Waals surface area contributed by atoms with Crippen molar-refractivity contribution in [3.05, 3.63) is 36.4 Å². The second kappa shape index (κ2) is 8.63. The Morgan fingerprint density at radius 1 is 1.22 bits per heavy atom. The normalized spacial score (nSPS) is 21.2. The highest BCUT2D eigenvalue weighted by Gasteiger charge is 2.33. The van der Waals surface area contributed by atoms with E-state index in [4.69, 9.17) is 14.2 Å². The minimum Gasteiger partial charge on any atom is -0.473 e. The molecule has 1 aliphatic heterocycles. The molecule has 1 atom stereocenters. The third kappa shape index (κ3) is 4.40. The molecule has 0 unspecified atom stereocenters. The molecule has 3 aromatic heterocycles. The Balaban J connectivity index is 1.46. The summed E-state index contributed by atoms with van der Waals surface area (Å²) in [5.74, 6) is -0.833. The molecule has 1 saturated carbocycles. The van der Waals surface area contributed by atoms with Gasteiger partial charge < -0.3 is 19.5 Å². The molecule has 5 rings (SSSR count). The number of ether oxygens (including phenoxy) is 3. The Morgan fingerprint density at radius 3 is 2.84 bits per heavy atom. The number of hydrogen-bond acceptors (Lipinski definition) is 7. The van der Waals surface area contributed by atoms with Gasteiger partial charge in [0, 0.05) is 12.2 Å². The van der Waals surface area contributed by atoms with Gasteiger partial charge in [-0.15, -0.1) is 0 Å². The fourth-order valence-corrected chi connectivity index (χ4v) is 4.30. The molecule has 0 amide bonds. The lowest BCUT2D eigenvalue weighted by atomic mass is 9.95. The summed E-state index contributed by atoms with van der Waals surface area (Å²) >= 11 is 0. The smallest absolute Gasteiger partial charge is 0.256 e. The molecule has 2 aliphatic rings. The van der Waals surface area contributed by atoms with Crippen LogP contribution in [0.2, 0.25) is 0 Å². The number of aromatic nitrogens is 4. The summed E-state index contributed by atoms with van der Waals surface area (Å²) in [5, 5.41) is 7.65. The first-order valence-electron chi connectivity index (χ1n) is 11.2. The third-order valence-corrected chi connectivity index (χ3v) is 5.91. The Labute approximate surface area is 186 Å². The molecule has 8 nitrogen and oxygen atoms in total. The summed E-state index contributed by atoms with van der Waals surface area (Å²) in [6, 6.07) is 5.92. The molecule has 4 heterocycles. The third-order valence-electron chi connectivity index (χ3n) is 5.91. The molecule has 170 valence electrons. The minimum absolute atomic E-state index is 0.100. The van der Waals surface area contributed by atoms with Gasteiger partial charge in [-0.25, -0.2) is 9.50 Å². The summed E-state index contributed by atoms with van der Waals surface area (Å²) in [7, 11) is 0. The maximum atomic E-state index is 15.4. The topological polar surface area (TPSA) is 82.8 Å². The summed E-state index contributed by atoms with van der Waals surface area (Å²) in [4.78, 5) is 8.95. The van der Waals surface area contributed by atoms with Crippen molar-refractivity contribution < 1.29 is 18.6 Å². The zero-order valence-electron chi connectivity index (χ0n) is 18.4. The lowest BCUT2D eigenvalue weighted by molar-refractivity contribution is -0.141. The van der Waals surface area contributed by atoms with Crippen molar-refractivity contribution in [3.8, 4) is 17.3 Å². The van der Waals surface area contributed by atoms with Crippen LogP contribution in [0.25, 0.3) is 16.9 Å². The van der Waals surface area contributed by atoms with Gasteiger partial charge in [0.2, 0.25) is 5.82 Å². The van der Waals surface area contributed by atoms with Crippen LogP contribution in [0, 0.1) is 5.82 Å². The van der Waals surface area contributed by atoms with E-state index in [0.29, 0.717) is 18.0 Å². The maximum Gasteiger partial charge on any atom is 0.256 e. The largest absolute Gasteiger partial charge is 0.473 e. The van der Waals surface area contributed by atoms with Crippen LogP contribution < -0.4 is 10.1 Å². The molecule has 0 bridgehead atoms. The molecule has 0 radical (unpaired) electrons. The van der Waals surface area contributed by atoms with Gasteiger partial charge >= 0.3 is 0 Å². The molecule has 32 heavy (non-hydrogen) atoms. The monoisotopic (exact) mass is 441 g/mol. The number of pyridine rings is 1. The van der Waals surface area contributed by atoms with Gasteiger partial charge in [0.05, 0.1) is 23.9 Å². The maximum absolute atomic E-state index is 15.4. The zero-order chi connectivity index (χ0) is 22.1. The van der Waals surface area contributed by atoms with E-state index < -0.39 is 11.6 Å². The van der Waals surface area contributed by atoms with Crippen LogP contribution >= 0.6 is 0 Å². The van der Waals surface area contributed by atoms with Crippen molar-refractivity contribution in [3.63, 3.8) is 0 Å². The van der Waals surface area contributed by atoms with Crippen LogP contribution in [-0.2, 0) is 9.47 Å². The number of rotatable bonds is 6. The van der Waals surface area contributed by atoms with E-state index in [-0.39, 0.29) is 30.5 Å². The fourth-order valence-electron chi connectivity index (χ4n) is 4.30. The minimum atomic E-state index is -0.672. The van der Waals surface area contributed by atoms with Gasteiger partial charge in [-0.2, -0.15) is 14.5 Å². The summed E-state index contributed by atoms with van der Waals surface area (Å²) in [6.45, 7) is 4.20. The lowest BCUT2D eigenvalue weighted by Crippen LogP contribution is -2.26. The number of fused-ring (bicyclic) bond motifs is 1. The van der Waals surface area contributed by atoms with E-state index in [0.717, 1.165) is 31.2 Å². The molecule has 1 saturated heterocycles. The van der Waals surface area contributed by atoms with Crippen LogP contribution in [0.4, 0.5) is 10.2 Å². The predicted molar refractivity (Wildman–Crippen MR) is 117 cm³/mol. The van der Waals surface area contributed by atoms with E-state index >= 15 is 4.39 Å². The van der Waals surface area contributed by atoms with Crippen LogP contribution in [0.1, 0.15) is 46.0 Å². The van der Waals surface area contributed by atoms with Gasteiger partial charge in [-0.3, -0.25) is 0 Å². The molecule has 2 fully saturated rings. The Kier molecular flexibility index (Phi) is 5.69. The quantitative estimate of drug-likeness (QED) is 0.614. The Bertz CT molecular complexity index is 1100. The van der Waals surface area contributed by atoms with Gasteiger partial charge in [0.25, 0.3) is 5.88 Å². The summed E-state index contributed by atoms with van der Waals surface area (Å²) in [5.41, 5.74) is 1.55. The number of halogens is 1. The highest BCUT2D eigenvalue weighted by molar-refractivity contribution is 5.76. The number of nitrogens with zero attached hydrogens (tertiary/aromatic N) is 4. The number of hydrogen-bond donors (Lipinski definition) is 1. The molecule has 1 aliphatic carbocycles. The van der Waals surface area contributed by atoms with E-state index in [1.165, 1.54) is 6.42 Å². The van der Waals surface area contributed by atoms with E-state index in [1.54, 1.807) is 10.7 Å².